The van der Waals surface area contributed by atoms with Crippen molar-refractivity contribution in [3.63, 3.8) is 0 Å². The van der Waals surface area contributed by atoms with Crippen LogP contribution in [0, 0.1) is 5.92 Å². The van der Waals surface area contributed by atoms with Gasteiger partial charge >= 0.3 is 11.9 Å². The Morgan fingerprint density at radius 3 is 1.93 bits per heavy atom. The van der Waals surface area contributed by atoms with Crippen LogP contribution in [0.25, 0.3) is 0 Å². The minimum Gasteiger partial charge on any atom is -0.463 e. The van der Waals surface area contributed by atoms with Crippen LogP contribution < -0.4 is 0 Å². The summed E-state index contributed by atoms with van der Waals surface area (Å²) in [7, 11) is 0. The summed E-state index contributed by atoms with van der Waals surface area (Å²) in [4.78, 5) is 23.9. The molecule has 242 valence electrons. The van der Waals surface area contributed by atoms with E-state index < -0.39 is 6.10 Å². The quantitative estimate of drug-likeness (QED) is 0.0424. The Hall–Kier alpha value is -1.92. The van der Waals surface area contributed by atoms with Crippen molar-refractivity contribution in [2.24, 2.45) is 5.92 Å². The average Bonchev–Trinajstić information content (AvgIpc) is 3.72. The monoisotopic (exact) mass is 590 g/mol. The van der Waals surface area contributed by atoms with E-state index in [1.165, 1.54) is 57.8 Å². The molecule has 2 unspecified atom stereocenters. The Balaban J connectivity index is 1.92. The maximum absolute atomic E-state index is 12.0. The summed E-state index contributed by atoms with van der Waals surface area (Å²) in [6, 6.07) is 0. The van der Waals surface area contributed by atoms with Crippen LogP contribution in [0.5, 0.6) is 0 Å². The molecule has 0 amide bonds. The van der Waals surface area contributed by atoms with Crippen molar-refractivity contribution in [3.05, 3.63) is 36.5 Å². The molecule has 6 heteroatoms. The highest BCUT2D eigenvalue weighted by molar-refractivity contribution is 5.69. The fourth-order valence-corrected chi connectivity index (χ4v) is 4.77. The highest BCUT2D eigenvalue weighted by Crippen LogP contribution is 2.30. The molecule has 1 rings (SSSR count). The molecular weight excluding hydrogens is 528 g/mol. The van der Waals surface area contributed by atoms with E-state index in [1.54, 1.807) is 0 Å². The standard InChI is InChI=1S/C36H62O6/c1-4-5-6-7-8-9-10-11-12-15-18-21-25-33-34(42-33)26-23-28-36(39)41-30-32(37)29-40-35(38)27-22-19-16-13-14-17-20-24-31(2)3/h8-9,11-12,18,21,31-34,37H,4-7,10,13-17,19-20,22-30H2,1-3H3/b9-8-,12-11-,21-18-/t32-,33?,34?/m0/s1. The van der Waals surface area contributed by atoms with Gasteiger partial charge in [-0.2, -0.15) is 0 Å². The van der Waals surface area contributed by atoms with Crippen LogP contribution in [0.3, 0.4) is 0 Å². The number of rotatable bonds is 28. The van der Waals surface area contributed by atoms with Gasteiger partial charge in [0.1, 0.15) is 19.3 Å². The average molecular weight is 591 g/mol. The van der Waals surface area contributed by atoms with Gasteiger partial charge in [0, 0.05) is 12.8 Å². The van der Waals surface area contributed by atoms with E-state index >= 15 is 0 Å². The Labute approximate surface area is 257 Å². The van der Waals surface area contributed by atoms with Crippen molar-refractivity contribution >= 4 is 11.9 Å². The van der Waals surface area contributed by atoms with Crippen molar-refractivity contribution in [2.75, 3.05) is 13.2 Å². The maximum atomic E-state index is 12.0. The molecule has 3 atom stereocenters. The van der Waals surface area contributed by atoms with Gasteiger partial charge in [0.05, 0.1) is 12.2 Å². The Morgan fingerprint density at radius 2 is 1.29 bits per heavy atom. The van der Waals surface area contributed by atoms with Crippen molar-refractivity contribution in [1.29, 1.82) is 0 Å². The summed E-state index contributed by atoms with van der Waals surface area (Å²) in [6.45, 7) is 6.47. The second kappa shape index (κ2) is 26.7. The summed E-state index contributed by atoms with van der Waals surface area (Å²) < 4.78 is 16.0. The van der Waals surface area contributed by atoms with Crippen LogP contribution >= 0.6 is 0 Å². The third-order valence-electron chi connectivity index (χ3n) is 7.48. The third-order valence-corrected chi connectivity index (χ3v) is 7.48. The zero-order chi connectivity index (χ0) is 30.7. The zero-order valence-corrected chi connectivity index (χ0v) is 27.1. The molecule has 1 aliphatic heterocycles. The number of hydrogen-bond acceptors (Lipinski definition) is 6. The van der Waals surface area contributed by atoms with Crippen LogP contribution in [0.15, 0.2) is 36.5 Å². The molecule has 1 fully saturated rings. The van der Waals surface area contributed by atoms with Gasteiger partial charge in [-0.15, -0.1) is 0 Å². The summed E-state index contributed by atoms with van der Waals surface area (Å²) in [5, 5.41) is 9.97. The van der Waals surface area contributed by atoms with Crippen LogP contribution in [-0.2, 0) is 23.8 Å². The lowest BCUT2D eigenvalue weighted by atomic mass is 10.0. The Bertz CT molecular complexity index is 756. The number of carbonyl (C=O) groups is 2. The smallest absolute Gasteiger partial charge is 0.305 e. The normalized spacial score (nSPS) is 17.5. The van der Waals surface area contributed by atoms with Gasteiger partial charge < -0.3 is 19.3 Å². The first kappa shape index (κ1) is 38.1. The highest BCUT2D eigenvalue weighted by atomic mass is 16.6. The maximum Gasteiger partial charge on any atom is 0.305 e. The van der Waals surface area contributed by atoms with Crippen molar-refractivity contribution in [3.8, 4) is 0 Å². The molecular formula is C36H62O6. The molecule has 0 aromatic heterocycles. The van der Waals surface area contributed by atoms with E-state index in [0.717, 1.165) is 50.9 Å². The molecule has 42 heavy (non-hydrogen) atoms. The van der Waals surface area contributed by atoms with E-state index in [-0.39, 0.29) is 37.4 Å². The van der Waals surface area contributed by atoms with Gasteiger partial charge in [-0.25, -0.2) is 0 Å². The first-order chi connectivity index (χ1) is 20.4. The number of epoxide rings is 1. The number of esters is 2. The second-order valence-electron chi connectivity index (χ2n) is 12.1. The summed E-state index contributed by atoms with van der Waals surface area (Å²) in [5.41, 5.74) is 0. The molecule has 1 aliphatic rings. The number of aliphatic hydroxyl groups is 1. The molecule has 6 nitrogen and oxygen atoms in total. The van der Waals surface area contributed by atoms with Crippen LogP contribution in [-0.4, -0.2) is 48.6 Å². The predicted molar refractivity (Wildman–Crippen MR) is 172 cm³/mol. The second-order valence-corrected chi connectivity index (χ2v) is 12.1. The first-order valence-electron chi connectivity index (χ1n) is 17.0. The number of ether oxygens (including phenoxy) is 3. The first-order valence-corrected chi connectivity index (χ1v) is 17.0. The molecule has 0 aromatic carbocycles. The number of hydrogen-bond donors (Lipinski definition) is 1. The molecule has 0 bridgehead atoms. The summed E-state index contributed by atoms with van der Waals surface area (Å²) >= 11 is 0. The van der Waals surface area contributed by atoms with Gasteiger partial charge in [-0.1, -0.05) is 115 Å². The molecule has 0 saturated carbocycles. The van der Waals surface area contributed by atoms with Crippen LogP contribution in [0.4, 0.5) is 0 Å². The molecule has 1 saturated heterocycles. The van der Waals surface area contributed by atoms with Gasteiger partial charge in [0.2, 0.25) is 0 Å². The fourth-order valence-electron chi connectivity index (χ4n) is 4.77. The van der Waals surface area contributed by atoms with Crippen molar-refractivity contribution < 1.29 is 28.9 Å². The van der Waals surface area contributed by atoms with Crippen molar-refractivity contribution in [2.45, 2.75) is 161 Å². The summed E-state index contributed by atoms with van der Waals surface area (Å²) in [6.07, 6.45) is 32.3. The van der Waals surface area contributed by atoms with E-state index in [4.69, 9.17) is 14.2 Å². The molecule has 0 aromatic rings. The van der Waals surface area contributed by atoms with Gasteiger partial charge in [0.25, 0.3) is 0 Å². The lowest BCUT2D eigenvalue weighted by Crippen LogP contribution is -2.25. The molecule has 0 aliphatic carbocycles. The molecule has 1 heterocycles. The van der Waals surface area contributed by atoms with E-state index in [1.807, 2.05) is 0 Å². The third kappa shape index (κ3) is 24.7. The molecule has 0 spiro atoms. The van der Waals surface area contributed by atoms with E-state index in [0.29, 0.717) is 19.3 Å². The van der Waals surface area contributed by atoms with E-state index in [2.05, 4.69) is 57.2 Å². The topological polar surface area (TPSA) is 85.4 Å². The van der Waals surface area contributed by atoms with Gasteiger partial charge in [-0.05, 0) is 57.3 Å². The Morgan fingerprint density at radius 1 is 0.714 bits per heavy atom. The van der Waals surface area contributed by atoms with Crippen molar-refractivity contribution in [1.82, 2.24) is 0 Å². The highest BCUT2D eigenvalue weighted by Gasteiger charge is 2.36. The number of carbonyl (C=O) groups excluding carboxylic acids is 2. The lowest BCUT2D eigenvalue weighted by Gasteiger charge is -2.12. The molecule has 0 radical (unpaired) electrons. The Kier molecular flexibility index (Phi) is 24.2. The minimum atomic E-state index is -0.992. The summed E-state index contributed by atoms with van der Waals surface area (Å²) in [5.74, 6) is 0.143. The SMILES string of the molecule is CCCCC/C=C\C/C=C\C/C=C\CC1OC1CCCC(=O)OC[C@@H](O)COC(=O)CCCCCCCCCC(C)C. The van der Waals surface area contributed by atoms with Crippen LogP contribution in [0.1, 0.15) is 143 Å². The molecule has 1 N–H and O–H groups in total. The van der Waals surface area contributed by atoms with E-state index in [9.17, 15) is 14.7 Å². The number of aliphatic hydroxyl groups excluding tert-OH is 1. The predicted octanol–water partition coefficient (Wildman–Crippen LogP) is 8.96. The lowest BCUT2D eigenvalue weighted by molar-refractivity contribution is -0.152. The largest absolute Gasteiger partial charge is 0.463 e. The number of allylic oxidation sites excluding steroid dienone is 5. The zero-order valence-electron chi connectivity index (χ0n) is 27.1. The van der Waals surface area contributed by atoms with Crippen LogP contribution in [0.2, 0.25) is 0 Å². The van der Waals surface area contributed by atoms with Gasteiger partial charge in [0.15, 0.2) is 0 Å². The number of unbranched alkanes of at least 4 members (excludes halogenated alkanes) is 9. The van der Waals surface area contributed by atoms with Gasteiger partial charge in [-0.3, -0.25) is 9.59 Å². The minimum absolute atomic E-state index is 0.140. The fraction of sp³-hybridized carbons (Fsp3) is 0.778.